The molecule has 6 nitrogen and oxygen atoms in total. The molecule has 0 spiro atoms. The SMILES string of the molecule is CCCCCCOc1ccccc1C(=O)NC(=S)Nc1ccc(C(=O)N(C)C)cc1. The molecule has 2 aromatic carbocycles. The molecule has 7 heteroatoms. The second kappa shape index (κ2) is 11.9. The molecule has 0 aromatic heterocycles. The number of benzene rings is 2. The Bertz CT molecular complexity index is 866. The molecule has 30 heavy (non-hydrogen) atoms. The van der Waals surface area contributed by atoms with E-state index in [4.69, 9.17) is 17.0 Å². The Morgan fingerprint density at radius 3 is 2.37 bits per heavy atom. The molecule has 0 aliphatic rings. The van der Waals surface area contributed by atoms with Crippen LogP contribution in [0.1, 0.15) is 53.3 Å². The summed E-state index contributed by atoms with van der Waals surface area (Å²) in [5.41, 5.74) is 1.69. The largest absolute Gasteiger partial charge is 0.493 e. The molecule has 0 aliphatic carbocycles. The smallest absolute Gasteiger partial charge is 0.261 e. The molecule has 0 saturated carbocycles. The second-order valence-corrected chi connectivity index (χ2v) is 7.50. The van der Waals surface area contributed by atoms with Crippen LogP contribution in [-0.4, -0.2) is 42.5 Å². The highest BCUT2D eigenvalue weighted by atomic mass is 32.1. The lowest BCUT2D eigenvalue weighted by atomic mass is 10.2. The van der Waals surface area contributed by atoms with Gasteiger partial charge in [0, 0.05) is 25.3 Å². The van der Waals surface area contributed by atoms with E-state index in [1.807, 2.05) is 6.07 Å². The maximum Gasteiger partial charge on any atom is 0.261 e. The van der Waals surface area contributed by atoms with Crippen LogP contribution in [0.3, 0.4) is 0 Å². The highest BCUT2D eigenvalue weighted by molar-refractivity contribution is 7.80. The summed E-state index contributed by atoms with van der Waals surface area (Å²) < 4.78 is 5.80. The Labute approximate surface area is 183 Å². The van der Waals surface area contributed by atoms with Crippen LogP contribution in [0.15, 0.2) is 48.5 Å². The lowest BCUT2D eigenvalue weighted by molar-refractivity contribution is 0.0827. The normalized spacial score (nSPS) is 10.2. The third-order valence-electron chi connectivity index (χ3n) is 4.41. The Morgan fingerprint density at radius 2 is 1.70 bits per heavy atom. The van der Waals surface area contributed by atoms with E-state index in [1.54, 1.807) is 56.6 Å². The van der Waals surface area contributed by atoms with Crippen molar-refractivity contribution in [3.05, 3.63) is 59.7 Å². The molecule has 0 atom stereocenters. The van der Waals surface area contributed by atoms with Crippen LogP contribution in [0.5, 0.6) is 5.75 Å². The van der Waals surface area contributed by atoms with Gasteiger partial charge in [-0.15, -0.1) is 0 Å². The van der Waals surface area contributed by atoms with Crippen LogP contribution >= 0.6 is 12.2 Å². The highest BCUT2D eigenvalue weighted by Gasteiger charge is 2.14. The van der Waals surface area contributed by atoms with E-state index >= 15 is 0 Å². The number of carbonyl (C=O) groups excluding carboxylic acids is 2. The molecule has 0 bridgehead atoms. The first-order chi connectivity index (χ1) is 14.4. The van der Waals surface area contributed by atoms with Gasteiger partial charge in [-0.2, -0.15) is 0 Å². The average molecular weight is 428 g/mol. The molecule has 2 amide bonds. The fourth-order valence-electron chi connectivity index (χ4n) is 2.78. The number of unbranched alkanes of at least 4 members (excludes halogenated alkanes) is 3. The number of rotatable bonds is 9. The van der Waals surface area contributed by atoms with Gasteiger partial charge in [0.1, 0.15) is 5.75 Å². The molecule has 2 N–H and O–H groups in total. The monoisotopic (exact) mass is 427 g/mol. The summed E-state index contributed by atoms with van der Waals surface area (Å²) in [4.78, 5) is 26.1. The lowest BCUT2D eigenvalue weighted by Crippen LogP contribution is -2.34. The zero-order valence-corrected chi connectivity index (χ0v) is 18.6. The number of para-hydroxylation sites is 1. The van der Waals surface area contributed by atoms with Crippen molar-refractivity contribution in [2.24, 2.45) is 0 Å². The predicted molar refractivity (Wildman–Crippen MR) is 124 cm³/mol. The number of thiocarbonyl (C=S) groups is 1. The molecule has 0 fully saturated rings. The van der Waals surface area contributed by atoms with Gasteiger partial charge >= 0.3 is 0 Å². The summed E-state index contributed by atoms with van der Waals surface area (Å²) in [5, 5.41) is 5.81. The summed E-state index contributed by atoms with van der Waals surface area (Å²) in [7, 11) is 3.40. The number of carbonyl (C=O) groups is 2. The molecule has 2 aromatic rings. The van der Waals surface area contributed by atoms with E-state index in [0.29, 0.717) is 29.2 Å². The summed E-state index contributed by atoms with van der Waals surface area (Å²) in [6.07, 6.45) is 4.40. The number of hydrogen-bond donors (Lipinski definition) is 2. The molecule has 0 saturated heterocycles. The van der Waals surface area contributed by atoms with Crippen LogP contribution in [0.25, 0.3) is 0 Å². The van der Waals surface area contributed by atoms with Gasteiger partial charge in [-0.05, 0) is 55.0 Å². The highest BCUT2D eigenvalue weighted by Crippen LogP contribution is 2.19. The number of nitrogens with one attached hydrogen (secondary N) is 2. The van der Waals surface area contributed by atoms with E-state index in [2.05, 4.69) is 17.6 Å². The zero-order chi connectivity index (χ0) is 21.9. The van der Waals surface area contributed by atoms with Gasteiger partial charge in [0.25, 0.3) is 11.8 Å². The third kappa shape index (κ3) is 7.15. The predicted octanol–water partition coefficient (Wildman–Crippen LogP) is 4.47. The van der Waals surface area contributed by atoms with Gasteiger partial charge in [-0.3, -0.25) is 14.9 Å². The first-order valence-electron chi connectivity index (χ1n) is 10.1. The van der Waals surface area contributed by atoms with Crippen LogP contribution in [-0.2, 0) is 0 Å². The minimum atomic E-state index is -0.337. The van der Waals surface area contributed by atoms with Gasteiger partial charge in [0.05, 0.1) is 12.2 Å². The van der Waals surface area contributed by atoms with Gasteiger partial charge in [0.15, 0.2) is 5.11 Å². The third-order valence-corrected chi connectivity index (χ3v) is 4.61. The standard InChI is InChI=1S/C23H29N3O3S/c1-4-5-6-9-16-29-20-11-8-7-10-19(20)21(27)25-23(30)24-18-14-12-17(13-15-18)22(28)26(2)3/h7-8,10-15H,4-6,9,16H2,1-3H3,(H2,24,25,27,30). The number of ether oxygens (including phenoxy) is 1. The van der Waals surface area contributed by atoms with Crippen molar-refractivity contribution in [3.63, 3.8) is 0 Å². The lowest BCUT2D eigenvalue weighted by Gasteiger charge is -2.14. The second-order valence-electron chi connectivity index (χ2n) is 7.09. The van der Waals surface area contributed by atoms with Crippen LogP contribution in [0.4, 0.5) is 5.69 Å². The van der Waals surface area contributed by atoms with Crippen LogP contribution in [0.2, 0.25) is 0 Å². The fourth-order valence-corrected chi connectivity index (χ4v) is 2.99. The van der Waals surface area contributed by atoms with Crippen molar-refractivity contribution in [3.8, 4) is 5.75 Å². The average Bonchev–Trinajstić information content (AvgIpc) is 2.73. The van der Waals surface area contributed by atoms with E-state index in [1.165, 1.54) is 11.3 Å². The van der Waals surface area contributed by atoms with Crippen LogP contribution < -0.4 is 15.4 Å². The first kappa shape index (κ1) is 23.3. The van der Waals surface area contributed by atoms with E-state index in [-0.39, 0.29) is 16.9 Å². The Kier molecular flexibility index (Phi) is 9.28. The van der Waals surface area contributed by atoms with Crippen molar-refractivity contribution < 1.29 is 14.3 Å². The number of anilines is 1. The molecule has 0 aliphatic heterocycles. The van der Waals surface area contributed by atoms with Crippen molar-refractivity contribution in [1.82, 2.24) is 10.2 Å². The minimum Gasteiger partial charge on any atom is -0.493 e. The number of nitrogens with zero attached hydrogens (tertiary/aromatic N) is 1. The Hall–Kier alpha value is -2.93. The van der Waals surface area contributed by atoms with Crippen molar-refractivity contribution in [2.45, 2.75) is 32.6 Å². The minimum absolute atomic E-state index is 0.0799. The number of amides is 2. The van der Waals surface area contributed by atoms with Crippen molar-refractivity contribution in [2.75, 3.05) is 26.0 Å². The van der Waals surface area contributed by atoms with Gasteiger partial charge in [0.2, 0.25) is 0 Å². The summed E-state index contributed by atoms with van der Waals surface area (Å²) in [6, 6.07) is 14.0. The maximum atomic E-state index is 12.7. The van der Waals surface area contributed by atoms with Gasteiger partial charge in [-0.25, -0.2) is 0 Å². The molecule has 0 unspecified atom stereocenters. The van der Waals surface area contributed by atoms with E-state index in [9.17, 15) is 9.59 Å². The molecule has 2 rings (SSSR count). The maximum absolute atomic E-state index is 12.7. The summed E-state index contributed by atoms with van der Waals surface area (Å²) >= 11 is 5.26. The van der Waals surface area contributed by atoms with E-state index in [0.717, 1.165) is 19.3 Å². The van der Waals surface area contributed by atoms with Crippen molar-refractivity contribution >= 4 is 34.8 Å². The number of hydrogen-bond acceptors (Lipinski definition) is 4. The molecular formula is C23H29N3O3S. The summed E-state index contributed by atoms with van der Waals surface area (Å²) in [6.45, 7) is 2.74. The molecule has 160 valence electrons. The van der Waals surface area contributed by atoms with Crippen molar-refractivity contribution in [1.29, 1.82) is 0 Å². The van der Waals surface area contributed by atoms with E-state index < -0.39 is 0 Å². The molecule has 0 radical (unpaired) electrons. The van der Waals surface area contributed by atoms with Crippen LogP contribution in [0, 0.1) is 0 Å². The fraction of sp³-hybridized carbons (Fsp3) is 0.348. The Morgan fingerprint density at radius 1 is 1.00 bits per heavy atom. The summed E-state index contributed by atoms with van der Waals surface area (Å²) in [5.74, 6) is 0.126. The molecule has 0 heterocycles. The quantitative estimate of drug-likeness (QED) is 0.456. The van der Waals surface area contributed by atoms with Gasteiger partial charge < -0.3 is 15.0 Å². The molecular weight excluding hydrogens is 398 g/mol. The van der Waals surface area contributed by atoms with Gasteiger partial charge in [-0.1, -0.05) is 38.3 Å². The topological polar surface area (TPSA) is 70.7 Å². The Balaban J connectivity index is 1.93. The first-order valence-corrected chi connectivity index (χ1v) is 10.5. The zero-order valence-electron chi connectivity index (χ0n) is 17.7.